The summed E-state index contributed by atoms with van der Waals surface area (Å²) in [5, 5.41) is 0.971. The van der Waals surface area contributed by atoms with Crippen molar-refractivity contribution < 1.29 is 18.7 Å². The molecule has 1 aromatic heterocycles. The van der Waals surface area contributed by atoms with E-state index in [-0.39, 0.29) is 23.9 Å². The minimum Gasteiger partial charge on any atom is -0.451 e. The molecule has 1 aromatic carbocycles. The number of nitrogens with zero attached hydrogens (tertiary/aromatic N) is 2. The number of rotatable bonds is 2. The summed E-state index contributed by atoms with van der Waals surface area (Å²) in [6.07, 6.45) is 0.990. The van der Waals surface area contributed by atoms with Gasteiger partial charge in [-0.15, -0.1) is 0 Å². The summed E-state index contributed by atoms with van der Waals surface area (Å²) in [6.45, 7) is 9.31. The smallest absolute Gasteiger partial charge is 0.290 e. The highest BCUT2D eigenvalue weighted by molar-refractivity contribution is 6.00. The molecule has 5 rings (SSSR count). The van der Waals surface area contributed by atoms with Gasteiger partial charge in [-0.2, -0.15) is 0 Å². The molecule has 1 spiro atoms. The van der Waals surface area contributed by atoms with Crippen molar-refractivity contribution >= 4 is 22.8 Å². The van der Waals surface area contributed by atoms with Crippen LogP contribution in [0.5, 0.6) is 0 Å². The van der Waals surface area contributed by atoms with Crippen molar-refractivity contribution in [3.8, 4) is 0 Å². The first-order valence-electron chi connectivity index (χ1n) is 10.1. The molecule has 148 valence electrons. The zero-order valence-electron chi connectivity index (χ0n) is 16.8. The second-order valence-corrected chi connectivity index (χ2v) is 8.76. The SMILES string of the molecule is Cc1ccc2oc(C(=O)N3CC[C@@]45OC[C@@H](C(C)C)N4C(=O)C[C@@H]35)c(C)c2c1. The average Bonchev–Trinajstić information content (AvgIpc) is 3.35. The number of ether oxygens (including phenoxy) is 1. The summed E-state index contributed by atoms with van der Waals surface area (Å²) >= 11 is 0. The van der Waals surface area contributed by atoms with E-state index >= 15 is 0 Å². The molecule has 3 aliphatic heterocycles. The van der Waals surface area contributed by atoms with Crippen LogP contribution >= 0.6 is 0 Å². The third-order valence-electron chi connectivity index (χ3n) is 6.80. The Balaban J connectivity index is 1.50. The van der Waals surface area contributed by atoms with Crippen LogP contribution in [0.4, 0.5) is 0 Å². The number of fused-ring (bicyclic) bond motifs is 1. The quantitative estimate of drug-likeness (QED) is 0.800. The number of hydrogen-bond donors (Lipinski definition) is 0. The van der Waals surface area contributed by atoms with Gasteiger partial charge in [0, 0.05) is 23.9 Å². The summed E-state index contributed by atoms with van der Waals surface area (Å²) in [5.74, 6) is 0.657. The van der Waals surface area contributed by atoms with Gasteiger partial charge in [-0.25, -0.2) is 0 Å². The van der Waals surface area contributed by atoms with E-state index in [4.69, 9.17) is 9.15 Å². The van der Waals surface area contributed by atoms with Crippen LogP contribution in [0.2, 0.25) is 0 Å². The van der Waals surface area contributed by atoms with Gasteiger partial charge in [0.15, 0.2) is 11.5 Å². The lowest BCUT2D eigenvalue weighted by atomic mass is 10.0. The Morgan fingerprint density at radius 2 is 2.07 bits per heavy atom. The summed E-state index contributed by atoms with van der Waals surface area (Å²) in [6, 6.07) is 5.78. The zero-order chi connectivity index (χ0) is 19.8. The van der Waals surface area contributed by atoms with Gasteiger partial charge in [0.25, 0.3) is 5.91 Å². The number of carbonyl (C=O) groups is 2. The summed E-state index contributed by atoms with van der Waals surface area (Å²) in [7, 11) is 0. The third kappa shape index (κ3) is 2.18. The molecule has 0 aliphatic carbocycles. The number of furan rings is 1. The fourth-order valence-electron chi connectivity index (χ4n) is 5.28. The van der Waals surface area contributed by atoms with Gasteiger partial charge in [-0.05, 0) is 31.9 Å². The zero-order valence-corrected chi connectivity index (χ0v) is 16.8. The number of benzene rings is 1. The molecule has 6 heteroatoms. The Morgan fingerprint density at radius 3 is 2.82 bits per heavy atom. The lowest BCUT2D eigenvalue weighted by Crippen LogP contribution is -2.51. The number of hydrogen-bond acceptors (Lipinski definition) is 4. The van der Waals surface area contributed by atoms with E-state index < -0.39 is 5.72 Å². The van der Waals surface area contributed by atoms with E-state index in [0.717, 1.165) is 22.1 Å². The lowest BCUT2D eigenvalue weighted by Gasteiger charge is -2.34. The minimum absolute atomic E-state index is 0.0865. The molecule has 2 amide bonds. The van der Waals surface area contributed by atoms with Crippen LogP contribution in [0, 0.1) is 19.8 Å². The van der Waals surface area contributed by atoms with E-state index in [2.05, 4.69) is 13.8 Å². The monoisotopic (exact) mass is 382 g/mol. The number of likely N-dealkylation sites (tertiary alicyclic amines) is 1. The molecule has 4 heterocycles. The first-order valence-corrected chi connectivity index (χ1v) is 10.1. The number of carbonyl (C=O) groups excluding carboxylic acids is 2. The third-order valence-corrected chi connectivity index (χ3v) is 6.80. The average molecular weight is 382 g/mol. The van der Waals surface area contributed by atoms with Crippen LogP contribution < -0.4 is 0 Å². The summed E-state index contributed by atoms with van der Waals surface area (Å²) < 4.78 is 12.2. The van der Waals surface area contributed by atoms with Crippen LogP contribution in [-0.2, 0) is 9.53 Å². The molecule has 6 nitrogen and oxygen atoms in total. The molecule has 3 saturated heterocycles. The Bertz CT molecular complexity index is 994. The molecule has 2 aromatic rings. The second kappa shape index (κ2) is 5.83. The van der Waals surface area contributed by atoms with Crippen molar-refractivity contribution in [2.24, 2.45) is 5.92 Å². The van der Waals surface area contributed by atoms with Crippen molar-refractivity contribution in [3.63, 3.8) is 0 Å². The topological polar surface area (TPSA) is 63.0 Å². The van der Waals surface area contributed by atoms with Crippen molar-refractivity contribution in [2.75, 3.05) is 13.2 Å². The van der Waals surface area contributed by atoms with Crippen LogP contribution in [-0.4, -0.2) is 52.6 Å². The van der Waals surface area contributed by atoms with E-state index in [1.165, 1.54) is 0 Å². The van der Waals surface area contributed by atoms with Gasteiger partial charge in [-0.3, -0.25) is 9.59 Å². The molecule has 3 aliphatic rings. The Morgan fingerprint density at radius 1 is 1.29 bits per heavy atom. The van der Waals surface area contributed by atoms with Gasteiger partial charge in [0.1, 0.15) is 5.58 Å². The van der Waals surface area contributed by atoms with Crippen LogP contribution in [0.3, 0.4) is 0 Å². The van der Waals surface area contributed by atoms with Crippen LogP contribution in [0.25, 0.3) is 11.0 Å². The molecule has 28 heavy (non-hydrogen) atoms. The van der Waals surface area contributed by atoms with E-state index in [9.17, 15) is 9.59 Å². The Hall–Kier alpha value is -2.34. The highest BCUT2D eigenvalue weighted by Gasteiger charge is 2.66. The Labute approximate surface area is 164 Å². The normalized spacial score (nSPS) is 29.2. The molecular formula is C22H26N2O4. The maximum atomic E-state index is 13.4. The first-order chi connectivity index (χ1) is 13.3. The molecule has 0 radical (unpaired) electrons. The molecule has 0 unspecified atom stereocenters. The maximum absolute atomic E-state index is 13.4. The summed E-state index contributed by atoms with van der Waals surface area (Å²) in [5.41, 5.74) is 2.06. The molecule has 3 fully saturated rings. The molecule has 0 bridgehead atoms. The fourth-order valence-corrected chi connectivity index (χ4v) is 5.28. The fraction of sp³-hybridized carbons (Fsp3) is 0.545. The predicted octanol–water partition coefficient (Wildman–Crippen LogP) is 3.25. The highest BCUT2D eigenvalue weighted by atomic mass is 16.5. The van der Waals surface area contributed by atoms with E-state index in [1.54, 1.807) is 4.90 Å². The highest BCUT2D eigenvalue weighted by Crippen LogP contribution is 2.49. The largest absolute Gasteiger partial charge is 0.451 e. The van der Waals surface area contributed by atoms with Gasteiger partial charge in [0.05, 0.1) is 25.1 Å². The first kappa shape index (κ1) is 17.7. The standard InChI is InChI=1S/C22H26N2O4/c1-12(2)16-11-27-22-7-8-23(18(22)10-19(25)24(16)22)21(26)20-14(4)15-9-13(3)5-6-17(15)28-20/h5-6,9,12,16,18H,7-8,10-11H2,1-4H3/t16-,18+,22-/m0/s1. The lowest BCUT2D eigenvalue weighted by molar-refractivity contribution is -0.139. The number of aryl methyl sites for hydroxylation is 2. The van der Waals surface area contributed by atoms with Crippen LogP contribution in [0.15, 0.2) is 22.6 Å². The molecular weight excluding hydrogens is 356 g/mol. The maximum Gasteiger partial charge on any atom is 0.290 e. The molecule has 3 atom stereocenters. The predicted molar refractivity (Wildman–Crippen MR) is 104 cm³/mol. The van der Waals surface area contributed by atoms with Crippen molar-refractivity contribution in [3.05, 3.63) is 35.1 Å². The van der Waals surface area contributed by atoms with Crippen molar-refractivity contribution in [1.82, 2.24) is 9.80 Å². The van der Waals surface area contributed by atoms with Gasteiger partial charge >= 0.3 is 0 Å². The summed E-state index contributed by atoms with van der Waals surface area (Å²) in [4.78, 5) is 30.0. The molecule has 0 saturated carbocycles. The molecule has 0 N–H and O–H groups in total. The van der Waals surface area contributed by atoms with Gasteiger partial charge < -0.3 is 19.0 Å². The van der Waals surface area contributed by atoms with Crippen LogP contribution in [0.1, 0.15) is 48.4 Å². The number of amides is 2. The van der Waals surface area contributed by atoms with E-state index in [1.807, 2.05) is 36.9 Å². The second-order valence-electron chi connectivity index (χ2n) is 8.76. The van der Waals surface area contributed by atoms with Crippen molar-refractivity contribution in [2.45, 2.75) is 58.3 Å². The Kier molecular flexibility index (Phi) is 3.69. The van der Waals surface area contributed by atoms with Crippen molar-refractivity contribution in [1.29, 1.82) is 0 Å². The van der Waals surface area contributed by atoms with E-state index in [0.29, 0.717) is 37.7 Å². The van der Waals surface area contributed by atoms with Gasteiger partial charge in [0.2, 0.25) is 5.91 Å². The van der Waals surface area contributed by atoms with Gasteiger partial charge in [-0.1, -0.05) is 25.5 Å². The minimum atomic E-state index is -0.655.